The van der Waals surface area contributed by atoms with Gasteiger partial charge in [0.15, 0.2) is 11.5 Å². The minimum Gasteiger partial charge on any atom is -0.493 e. The fourth-order valence-corrected chi connectivity index (χ4v) is 4.52. The van der Waals surface area contributed by atoms with E-state index in [0.717, 1.165) is 16.1 Å². The minimum atomic E-state index is -0.0866. The Bertz CT molecular complexity index is 1130. The molecule has 0 bridgehead atoms. The summed E-state index contributed by atoms with van der Waals surface area (Å²) in [4.78, 5) is 16.8. The number of hydrogen-bond donors (Lipinski definition) is 1. The van der Waals surface area contributed by atoms with Crippen LogP contribution >= 0.6 is 11.8 Å². The maximum Gasteiger partial charge on any atom is 0.238 e. The van der Waals surface area contributed by atoms with Crippen LogP contribution in [0.2, 0.25) is 0 Å². The molecule has 6 nitrogen and oxygen atoms in total. The van der Waals surface area contributed by atoms with Crippen molar-refractivity contribution >= 4 is 23.4 Å². The first-order valence-corrected chi connectivity index (χ1v) is 11.8. The Kier molecular flexibility index (Phi) is 8.85. The van der Waals surface area contributed by atoms with E-state index in [4.69, 9.17) is 14.2 Å². The topological polar surface area (TPSA) is 60.0 Å². The molecule has 0 saturated carbocycles. The summed E-state index contributed by atoms with van der Waals surface area (Å²) < 4.78 is 16.3. The van der Waals surface area contributed by atoms with Gasteiger partial charge in [0.1, 0.15) is 0 Å². The van der Waals surface area contributed by atoms with Gasteiger partial charge >= 0.3 is 0 Å². The zero-order valence-corrected chi connectivity index (χ0v) is 21.4. The maximum absolute atomic E-state index is 12.6. The fraction of sp³-hybridized carbons (Fsp3) is 0.296. The van der Waals surface area contributed by atoms with Gasteiger partial charge in [0.05, 0.1) is 27.9 Å². The van der Waals surface area contributed by atoms with Crippen LogP contribution < -0.4 is 19.5 Å². The van der Waals surface area contributed by atoms with Gasteiger partial charge in [0.25, 0.3) is 0 Å². The number of anilines is 1. The van der Waals surface area contributed by atoms with Crippen LogP contribution in [0.25, 0.3) is 0 Å². The zero-order chi connectivity index (χ0) is 24.7. The van der Waals surface area contributed by atoms with E-state index in [1.165, 1.54) is 16.0 Å². The third kappa shape index (κ3) is 6.46. The van der Waals surface area contributed by atoms with Crippen LogP contribution in [0.4, 0.5) is 5.69 Å². The van der Waals surface area contributed by atoms with E-state index in [-0.39, 0.29) is 12.5 Å². The van der Waals surface area contributed by atoms with Crippen LogP contribution in [-0.2, 0) is 11.3 Å². The van der Waals surface area contributed by atoms with Crippen LogP contribution in [0.5, 0.6) is 17.2 Å². The predicted octanol–water partition coefficient (Wildman–Crippen LogP) is 5.55. The predicted molar refractivity (Wildman–Crippen MR) is 138 cm³/mol. The molecule has 0 aliphatic heterocycles. The molecular formula is C27H32N2O4S. The smallest absolute Gasteiger partial charge is 0.238 e. The van der Waals surface area contributed by atoms with Gasteiger partial charge in [-0.1, -0.05) is 23.9 Å². The average Bonchev–Trinajstić information content (AvgIpc) is 2.82. The van der Waals surface area contributed by atoms with E-state index in [1.807, 2.05) is 48.3 Å². The second-order valence-electron chi connectivity index (χ2n) is 8.09. The molecule has 0 radical (unpaired) electrons. The van der Waals surface area contributed by atoms with Crippen molar-refractivity contribution in [3.05, 3.63) is 71.3 Å². The monoisotopic (exact) mass is 480 g/mol. The summed E-state index contributed by atoms with van der Waals surface area (Å²) in [6.07, 6.45) is 0. The third-order valence-electron chi connectivity index (χ3n) is 5.49. The van der Waals surface area contributed by atoms with Crippen molar-refractivity contribution in [2.24, 2.45) is 0 Å². The van der Waals surface area contributed by atoms with Gasteiger partial charge in [-0.05, 0) is 74.5 Å². The second kappa shape index (κ2) is 11.8. The highest BCUT2D eigenvalue weighted by molar-refractivity contribution is 7.99. The van der Waals surface area contributed by atoms with Gasteiger partial charge in [0.2, 0.25) is 11.7 Å². The number of carbonyl (C=O) groups is 1. The number of nitrogens with zero attached hydrogens (tertiary/aromatic N) is 1. The molecule has 34 heavy (non-hydrogen) atoms. The molecule has 0 aliphatic carbocycles. The van der Waals surface area contributed by atoms with Gasteiger partial charge < -0.3 is 19.5 Å². The Balaban J connectivity index is 1.57. The maximum atomic E-state index is 12.6. The molecule has 0 fully saturated rings. The molecule has 0 unspecified atom stereocenters. The van der Waals surface area contributed by atoms with Crippen LogP contribution in [0.15, 0.2) is 64.4 Å². The highest BCUT2D eigenvalue weighted by atomic mass is 32.2. The molecule has 1 amide bonds. The van der Waals surface area contributed by atoms with Gasteiger partial charge in [0, 0.05) is 27.6 Å². The number of methoxy groups -OCH3 is 3. The molecule has 7 heteroatoms. The average molecular weight is 481 g/mol. The van der Waals surface area contributed by atoms with Crippen molar-refractivity contribution < 1.29 is 19.0 Å². The molecule has 0 saturated heterocycles. The SMILES string of the molecule is COc1ccc(CN(C)CC(=O)Nc2ccc(Sc3ccc(C)c(C)c3)cc2)c(OC)c1OC. The van der Waals surface area contributed by atoms with Crippen molar-refractivity contribution in [1.29, 1.82) is 0 Å². The summed E-state index contributed by atoms with van der Waals surface area (Å²) in [7, 11) is 6.64. The Morgan fingerprint density at radius 3 is 2.15 bits per heavy atom. The van der Waals surface area contributed by atoms with E-state index in [1.54, 1.807) is 33.1 Å². The first-order chi connectivity index (χ1) is 16.3. The van der Waals surface area contributed by atoms with E-state index >= 15 is 0 Å². The largest absolute Gasteiger partial charge is 0.493 e. The summed E-state index contributed by atoms with van der Waals surface area (Å²) in [5.74, 6) is 1.66. The van der Waals surface area contributed by atoms with Gasteiger partial charge in [-0.3, -0.25) is 9.69 Å². The third-order valence-corrected chi connectivity index (χ3v) is 6.49. The van der Waals surface area contributed by atoms with E-state index in [0.29, 0.717) is 23.8 Å². The molecule has 1 N–H and O–H groups in total. The summed E-state index contributed by atoms with van der Waals surface area (Å²) in [5, 5.41) is 2.97. The number of ether oxygens (including phenoxy) is 3. The van der Waals surface area contributed by atoms with Gasteiger partial charge in [-0.2, -0.15) is 0 Å². The molecule has 3 rings (SSSR count). The van der Waals surface area contributed by atoms with Gasteiger partial charge in [-0.25, -0.2) is 0 Å². The summed E-state index contributed by atoms with van der Waals surface area (Å²) in [6.45, 7) is 4.98. The van der Waals surface area contributed by atoms with Gasteiger partial charge in [-0.15, -0.1) is 0 Å². The Morgan fingerprint density at radius 1 is 0.853 bits per heavy atom. The lowest BCUT2D eigenvalue weighted by atomic mass is 10.1. The van der Waals surface area contributed by atoms with Crippen molar-refractivity contribution in [3.8, 4) is 17.2 Å². The second-order valence-corrected chi connectivity index (χ2v) is 9.23. The van der Waals surface area contributed by atoms with Crippen molar-refractivity contribution in [1.82, 2.24) is 4.90 Å². The number of aryl methyl sites for hydroxylation is 2. The van der Waals surface area contributed by atoms with Crippen LogP contribution in [0, 0.1) is 13.8 Å². The van der Waals surface area contributed by atoms with E-state index in [9.17, 15) is 4.79 Å². The molecule has 3 aromatic rings. The Morgan fingerprint density at radius 2 is 1.53 bits per heavy atom. The molecule has 0 spiro atoms. The highest BCUT2D eigenvalue weighted by Gasteiger charge is 2.17. The molecule has 0 aliphatic rings. The first kappa shape index (κ1) is 25.5. The molecule has 180 valence electrons. The standard InChI is InChI=1S/C27H32N2O4S/c1-18-7-11-23(15-19(18)2)34-22-12-9-21(10-13-22)28-25(30)17-29(3)16-20-8-14-24(31-4)27(33-6)26(20)32-5/h7-15H,16-17H2,1-6H3,(H,28,30). The van der Waals surface area contributed by atoms with Crippen molar-refractivity contribution in [2.75, 3.05) is 40.2 Å². The lowest BCUT2D eigenvalue weighted by molar-refractivity contribution is -0.117. The van der Waals surface area contributed by atoms with Crippen LogP contribution in [0.3, 0.4) is 0 Å². The lowest BCUT2D eigenvalue weighted by Gasteiger charge is -2.20. The number of likely N-dealkylation sites (N-methyl/N-ethyl adjacent to an activating group) is 1. The number of nitrogens with one attached hydrogen (secondary N) is 1. The normalized spacial score (nSPS) is 10.8. The molecule has 0 heterocycles. The number of benzene rings is 3. The van der Waals surface area contributed by atoms with Crippen molar-refractivity contribution in [2.45, 2.75) is 30.2 Å². The highest BCUT2D eigenvalue weighted by Crippen LogP contribution is 2.40. The summed E-state index contributed by atoms with van der Waals surface area (Å²) >= 11 is 1.71. The first-order valence-electron chi connectivity index (χ1n) is 11.0. The molecular weight excluding hydrogens is 448 g/mol. The zero-order valence-electron chi connectivity index (χ0n) is 20.6. The quantitative estimate of drug-likeness (QED) is 0.411. The number of rotatable bonds is 10. The molecule has 3 aromatic carbocycles. The van der Waals surface area contributed by atoms with E-state index < -0.39 is 0 Å². The lowest BCUT2D eigenvalue weighted by Crippen LogP contribution is -2.30. The van der Waals surface area contributed by atoms with Crippen molar-refractivity contribution in [3.63, 3.8) is 0 Å². The van der Waals surface area contributed by atoms with Crippen LogP contribution in [0.1, 0.15) is 16.7 Å². The summed E-state index contributed by atoms with van der Waals surface area (Å²) in [6, 6.07) is 18.1. The number of carbonyl (C=O) groups excluding carboxylic acids is 1. The number of amides is 1. The molecule has 0 aromatic heterocycles. The van der Waals surface area contributed by atoms with Crippen LogP contribution in [-0.4, -0.2) is 45.7 Å². The minimum absolute atomic E-state index is 0.0866. The van der Waals surface area contributed by atoms with E-state index in [2.05, 4.69) is 37.4 Å². The fourth-order valence-electron chi connectivity index (χ4n) is 3.60. The number of hydrogen-bond acceptors (Lipinski definition) is 6. The molecule has 0 atom stereocenters. The Hall–Kier alpha value is -3.16. The summed E-state index contributed by atoms with van der Waals surface area (Å²) in [5.41, 5.74) is 4.25. The Labute approximate surface area is 206 Å².